The Kier molecular flexibility index (Phi) is 11.8. The van der Waals surface area contributed by atoms with Crippen LogP contribution in [0.2, 0.25) is 0 Å². The largest absolute Gasteiger partial charge is 0.673 e. The van der Waals surface area contributed by atoms with E-state index in [2.05, 4.69) is 18.7 Å². The smallest absolute Gasteiger partial charge is 0.418 e. The first-order chi connectivity index (χ1) is 14.5. The Morgan fingerprint density at radius 2 is 1.71 bits per heavy atom. The number of nitrogens with zero attached hydrogens (tertiary/aromatic N) is 2. The number of thioether (sulfide) groups is 2. The molecule has 1 aliphatic heterocycles. The van der Waals surface area contributed by atoms with Gasteiger partial charge in [0.15, 0.2) is 18.2 Å². The molecule has 0 spiro atoms. The van der Waals surface area contributed by atoms with Crippen LogP contribution in [0.25, 0.3) is 6.08 Å². The van der Waals surface area contributed by atoms with E-state index < -0.39 is 18.9 Å². The molecule has 0 atom stereocenters. The molecule has 1 amide bonds. The minimum absolute atomic E-state index is 0.0600. The standard InChI is InChI=1S/C19H25F2N2OS2.BF4/c1-4-22(5-2)10-7-11-23-18(24)17(26-19(23)25-6-3)13-14-8-9-15(20)16(21)12-14;2-1(3,4)5/h8-9,12-13H,4-7,10-11H2,1-3H3;/q+1;-1/b17-13-;. The van der Waals surface area contributed by atoms with Crippen molar-refractivity contribution in [1.29, 1.82) is 0 Å². The van der Waals surface area contributed by atoms with Gasteiger partial charge in [0.1, 0.15) is 4.91 Å². The summed E-state index contributed by atoms with van der Waals surface area (Å²) in [5.74, 6) is -0.974. The Balaban J connectivity index is 0.000000861. The highest BCUT2D eigenvalue weighted by Crippen LogP contribution is 2.33. The Morgan fingerprint density at radius 1 is 1.10 bits per heavy atom. The number of carbonyl (C=O) groups excluding carboxylic acids is 1. The maximum Gasteiger partial charge on any atom is 0.673 e. The fourth-order valence-corrected chi connectivity index (χ4v) is 4.97. The number of hydrogen-bond acceptors (Lipinski definition) is 4. The lowest BCUT2D eigenvalue weighted by atomic mass is 10.2. The van der Waals surface area contributed by atoms with Crippen LogP contribution in [0.4, 0.5) is 26.0 Å². The highest BCUT2D eigenvalue weighted by molar-refractivity contribution is 8.40. The SMILES string of the molecule is CCSC1=[N+](CCCN(CC)CC)C(=O)/C(=C/c2ccc(F)c(F)c2)S1.F[B-](F)(F)F. The summed E-state index contributed by atoms with van der Waals surface area (Å²) in [6.45, 7) is 9.93. The lowest BCUT2D eigenvalue weighted by Crippen LogP contribution is -2.28. The van der Waals surface area contributed by atoms with Gasteiger partial charge in [-0.3, -0.25) is 0 Å². The number of halogens is 6. The van der Waals surface area contributed by atoms with Crippen molar-refractivity contribution >= 4 is 47.1 Å². The second-order valence-electron chi connectivity index (χ2n) is 6.32. The molecule has 0 N–H and O–H groups in total. The third kappa shape index (κ3) is 10.2. The lowest BCUT2D eigenvalue weighted by molar-refractivity contribution is -0.438. The van der Waals surface area contributed by atoms with Crippen LogP contribution in [-0.4, -0.2) is 58.9 Å². The van der Waals surface area contributed by atoms with Crippen molar-refractivity contribution in [3.8, 4) is 0 Å². The van der Waals surface area contributed by atoms with E-state index in [-0.39, 0.29) is 5.91 Å². The van der Waals surface area contributed by atoms with Crippen molar-refractivity contribution in [2.45, 2.75) is 27.2 Å². The van der Waals surface area contributed by atoms with E-state index in [1.165, 1.54) is 17.8 Å². The molecule has 31 heavy (non-hydrogen) atoms. The molecular formula is C19H25BF6N2OS2. The molecule has 1 heterocycles. The zero-order valence-electron chi connectivity index (χ0n) is 17.5. The van der Waals surface area contributed by atoms with Gasteiger partial charge in [-0.25, -0.2) is 13.6 Å². The minimum atomic E-state index is -6.00. The maximum atomic E-state index is 13.4. The first kappa shape index (κ1) is 27.6. The average Bonchev–Trinajstić information content (AvgIpc) is 2.96. The first-order valence-electron chi connectivity index (χ1n) is 9.75. The fraction of sp³-hybridized carbons (Fsp3) is 0.474. The van der Waals surface area contributed by atoms with Gasteiger partial charge in [0.25, 0.3) is 4.38 Å². The van der Waals surface area contributed by atoms with Crippen molar-refractivity contribution in [1.82, 2.24) is 4.90 Å². The molecule has 0 saturated carbocycles. The van der Waals surface area contributed by atoms with Gasteiger partial charge in [-0.05, 0) is 60.4 Å². The summed E-state index contributed by atoms with van der Waals surface area (Å²) in [5, 5.41) is 0. The van der Waals surface area contributed by atoms with E-state index in [0.717, 1.165) is 48.3 Å². The predicted octanol–water partition coefficient (Wildman–Crippen LogP) is 5.73. The predicted molar refractivity (Wildman–Crippen MR) is 118 cm³/mol. The Morgan fingerprint density at radius 3 is 2.23 bits per heavy atom. The van der Waals surface area contributed by atoms with Crippen molar-refractivity contribution in [2.75, 3.05) is 31.9 Å². The number of carbonyl (C=O) groups is 1. The molecule has 1 aromatic rings. The summed E-state index contributed by atoms with van der Waals surface area (Å²) in [6, 6.07) is 3.68. The summed E-state index contributed by atoms with van der Waals surface area (Å²) in [4.78, 5) is 15.7. The highest BCUT2D eigenvalue weighted by atomic mass is 32.2. The van der Waals surface area contributed by atoms with Crippen LogP contribution in [0.15, 0.2) is 23.1 Å². The van der Waals surface area contributed by atoms with Crippen LogP contribution < -0.4 is 0 Å². The molecule has 174 valence electrons. The van der Waals surface area contributed by atoms with Gasteiger partial charge >= 0.3 is 13.2 Å². The van der Waals surface area contributed by atoms with Gasteiger partial charge in [0.2, 0.25) is 0 Å². The molecule has 3 nitrogen and oxygen atoms in total. The summed E-state index contributed by atoms with van der Waals surface area (Å²) in [5.41, 5.74) is 0.491. The quantitative estimate of drug-likeness (QED) is 0.203. The van der Waals surface area contributed by atoms with Gasteiger partial charge in [0, 0.05) is 18.7 Å². The number of benzene rings is 1. The molecule has 0 aromatic heterocycles. The van der Waals surface area contributed by atoms with Gasteiger partial charge in [-0.2, -0.15) is 0 Å². The van der Waals surface area contributed by atoms with Crippen LogP contribution in [0, 0.1) is 11.6 Å². The van der Waals surface area contributed by atoms with E-state index in [1.807, 2.05) is 11.5 Å². The molecule has 0 aliphatic carbocycles. The zero-order valence-corrected chi connectivity index (χ0v) is 19.1. The summed E-state index contributed by atoms with van der Waals surface area (Å²) >= 11 is 3.05. The molecule has 0 radical (unpaired) electrons. The maximum absolute atomic E-state index is 13.4. The molecule has 0 saturated heterocycles. The van der Waals surface area contributed by atoms with Crippen molar-refractivity contribution in [3.05, 3.63) is 40.3 Å². The number of rotatable bonds is 8. The highest BCUT2D eigenvalue weighted by Gasteiger charge is 2.37. The monoisotopic (exact) mass is 486 g/mol. The average molecular weight is 486 g/mol. The van der Waals surface area contributed by atoms with Crippen LogP contribution in [0.5, 0.6) is 0 Å². The summed E-state index contributed by atoms with van der Waals surface area (Å²) in [6.07, 6.45) is 2.54. The van der Waals surface area contributed by atoms with Gasteiger partial charge in [-0.1, -0.05) is 26.8 Å². The minimum Gasteiger partial charge on any atom is -0.418 e. The first-order valence-corrected chi connectivity index (χ1v) is 11.6. The molecule has 0 bridgehead atoms. The normalized spacial score (nSPS) is 15.7. The molecular weight excluding hydrogens is 461 g/mol. The van der Waals surface area contributed by atoms with E-state index in [0.29, 0.717) is 17.0 Å². The summed E-state index contributed by atoms with van der Waals surface area (Å²) < 4.78 is 68.3. The second-order valence-corrected chi connectivity index (χ2v) is 8.86. The fourth-order valence-electron chi connectivity index (χ4n) is 2.67. The van der Waals surface area contributed by atoms with Gasteiger partial charge < -0.3 is 22.2 Å². The Hall–Kier alpha value is -1.40. The van der Waals surface area contributed by atoms with Crippen molar-refractivity contribution in [3.63, 3.8) is 0 Å². The third-order valence-electron chi connectivity index (χ3n) is 4.13. The number of amides is 1. The van der Waals surface area contributed by atoms with E-state index in [4.69, 9.17) is 0 Å². The van der Waals surface area contributed by atoms with Gasteiger partial charge in [-0.15, -0.1) is 4.58 Å². The van der Waals surface area contributed by atoms with Gasteiger partial charge in [0.05, 0.1) is 0 Å². The third-order valence-corrected chi connectivity index (χ3v) is 6.40. The summed E-state index contributed by atoms with van der Waals surface area (Å²) in [7, 11) is -6.00. The molecule has 0 unspecified atom stereocenters. The zero-order chi connectivity index (χ0) is 23.6. The lowest BCUT2D eigenvalue weighted by Gasteiger charge is -2.16. The molecule has 0 fully saturated rings. The van der Waals surface area contributed by atoms with E-state index in [1.54, 1.807) is 17.8 Å². The van der Waals surface area contributed by atoms with E-state index in [9.17, 15) is 30.8 Å². The Bertz CT molecular complexity index is 807. The number of hydrogen-bond donors (Lipinski definition) is 0. The Labute approximate surface area is 187 Å². The van der Waals surface area contributed by atoms with Crippen molar-refractivity contribution in [2.24, 2.45) is 0 Å². The molecule has 2 rings (SSSR count). The van der Waals surface area contributed by atoms with E-state index >= 15 is 0 Å². The van der Waals surface area contributed by atoms with Crippen LogP contribution >= 0.6 is 23.5 Å². The molecule has 1 aromatic carbocycles. The van der Waals surface area contributed by atoms with Crippen molar-refractivity contribution < 1.29 is 35.4 Å². The topological polar surface area (TPSA) is 23.3 Å². The second kappa shape index (κ2) is 13.2. The molecule has 12 heteroatoms. The van der Waals surface area contributed by atoms with Crippen LogP contribution in [0.3, 0.4) is 0 Å². The van der Waals surface area contributed by atoms with Crippen LogP contribution in [-0.2, 0) is 4.79 Å². The van der Waals surface area contributed by atoms with Crippen LogP contribution in [0.1, 0.15) is 32.8 Å². The molecule has 1 aliphatic rings.